The number of carboxylic acid groups (broad SMARTS) is 2. The van der Waals surface area contributed by atoms with Crippen LogP contribution in [0, 0.1) is 11.3 Å². The van der Waals surface area contributed by atoms with E-state index in [1.807, 2.05) is 6.92 Å². The van der Waals surface area contributed by atoms with Crippen molar-refractivity contribution in [3.8, 4) is 0 Å². The van der Waals surface area contributed by atoms with Gasteiger partial charge in [-0.1, -0.05) is 6.92 Å². The van der Waals surface area contributed by atoms with Crippen molar-refractivity contribution in [1.29, 1.82) is 0 Å². The molecule has 0 aliphatic carbocycles. The van der Waals surface area contributed by atoms with Gasteiger partial charge in [-0.05, 0) is 45.2 Å². The second kappa shape index (κ2) is 9.47. The predicted octanol–water partition coefficient (Wildman–Crippen LogP) is 1.01. The molecule has 8 nitrogen and oxygen atoms in total. The zero-order valence-corrected chi connectivity index (χ0v) is 14.8. The highest BCUT2D eigenvalue weighted by molar-refractivity contribution is 5.71. The van der Waals surface area contributed by atoms with Crippen LogP contribution in [-0.2, 0) is 19.1 Å². The summed E-state index contributed by atoms with van der Waals surface area (Å²) < 4.78 is 11.9. The van der Waals surface area contributed by atoms with Gasteiger partial charge in [0.25, 0.3) is 0 Å². The van der Waals surface area contributed by atoms with Gasteiger partial charge in [-0.3, -0.25) is 20.2 Å². The van der Waals surface area contributed by atoms with Crippen molar-refractivity contribution in [3.05, 3.63) is 0 Å². The molecular weight excluding hydrogens is 328 g/mol. The van der Waals surface area contributed by atoms with Gasteiger partial charge in [0.15, 0.2) is 0 Å². The van der Waals surface area contributed by atoms with E-state index in [0.29, 0.717) is 26.1 Å². The van der Waals surface area contributed by atoms with Crippen molar-refractivity contribution in [3.63, 3.8) is 0 Å². The van der Waals surface area contributed by atoms with E-state index in [4.69, 9.17) is 14.6 Å². The first kappa shape index (κ1) is 20.1. The summed E-state index contributed by atoms with van der Waals surface area (Å²) in [5.41, 5.74) is -0.800. The second-order valence-electron chi connectivity index (χ2n) is 6.76. The maximum atomic E-state index is 12.2. The molecule has 8 heteroatoms. The minimum atomic E-state index is -0.931. The van der Waals surface area contributed by atoms with Crippen molar-refractivity contribution in [2.75, 3.05) is 26.3 Å². The number of aliphatic carboxylic acids is 2. The molecule has 0 aromatic carbocycles. The Morgan fingerprint density at radius 3 is 2.04 bits per heavy atom. The summed E-state index contributed by atoms with van der Waals surface area (Å²) in [5, 5.41) is 25.5. The van der Waals surface area contributed by atoms with Gasteiger partial charge in [0.05, 0.1) is 11.3 Å². The molecule has 25 heavy (non-hydrogen) atoms. The van der Waals surface area contributed by atoms with Crippen LogP contribution in [0.3, 0.4) is 0 Å². The van der Waals surface area contributed by atoms with Crippen molar-refractivity contribution in [1.82, 2.24) is 10.6 Å². The highest BCUT2D eigenvalue weighted by Gasteiger charge is 2.54. The van der Waals surface area contributed by atoms with Crippen LogP contribution in [0.25, 0.3) is 0 Å². The fourth-order valence-corrected chi connectivity index (χ4v) is 4.02. The van der Waals surface area contributed by atoms with Crippen LogP contribution < -0.4 is 10.6 Å². The Morgan fingerprint density at radius 2 is 1.68 bits per heavy atom. The quantitative estimate of drug-likeness (QED) is 0.482. The monoisotopic (exact) mass is 358 g/mol. The van der Waals surface area contributed by atoms with Crippen LogP contribution in [0.5, 0.6) is 0 Å². The lowest BCUT2D eigenvalue weighted by Crippen LogP contribution is -2.65. The van der Waals surface area contributed by atoms with Crippen LogP contribution in [0.2, 0.25) is 0 Å². The van der Waals surface area contributed by atoms with Gasteiger partial charge in [-0.25, -0.2) is 0 Å². The van der Waals surface area contributed by atoms with Gasteiger partial charge in [0.2, 0.25) is 0 Å². The molecule has 0 spiro atoms. The third-order valence-electron chi connectivity index (χ3n) is 5.29. The maximum Gasteiger partial charge on any atom is 0.307 e. The van der Waals surface area contributed by atoms with Crippen molar-refractivity contribution in [2.45, 2.75) is 57.9 Å². The summed E-state index contributed by atoms with van der Waals surface area (Å²) in [6.45, 7) is 4.63. The third-order valence-corrected chi connectivity index (χ3v) is 5.29. The van der Waals surface area contributed by atoms with Crippen molar-refractivity contribution in [2.24, 2.45) is 11.3 Å². The van der Waals surface area contributed by atoms with Crippen LogP contribution >= 0.6 is 0 Å². The molecule has 4 N–H and O–H groups in total. The van der Waals surface area contributed by atoms with E-state index in [-0.39, 0.29) is 12.8 Å². The average Bonchev–Trinajstić information content (AvgIpc) is 2.62. The number of hydrogen-bond acceptors (Lipinski definition) is 6. The first-order valence-corrected chi connectivity index (χ1v) is 9.17. The standard InChI is InChI=1S/C17H30N2O6/c1-2-17(15-18-8-4-10-24-15,16-19-9-5-11-25-16)12(14(22)23)6-3-7-13(20)21/h12,15-16,18-19H,2-11H2,1H3,(H,20,21)(H,22,23). The Labute approximate surface area is 148 Å². The number of carboxylic acids is 2. The fourth-order valence-electron chi connectivity index (χ4n) is 4.02. The summed E-state index contributed by atoms with van der Waals surface area (Å²) in [6.07, 6.45) is 1.98. The fraction of sp³-hybridized carbons (Fsp3) is 0.882. The number of hydrogen-bond donors (Lipinski definition) is 4. The van der Waals surface area contributed by atoms with Gasteiger partial charge < -0.3 is 19.7 Å². The maximum absolute atomic E-state index is 12.2. The van der Waals surface area contributed by atoms with E-state index < -0.39 is 35.7 Å². The van der Waals surface area contributed by atoms with E-state index in [0.717, 1.165) is 25.9 Å². The van der Waals surface area contributed by atoms with E-state index in [9.17, 15) is 14.7 Å². The number of nitrogens with one attached hydrogen (secondary N) is 2. The summed E-state index contributed by atoms with van der Waals surface area (Å²) in [6, 6.07) is 0. The van der Waals surface area contributed by atoms with Crippen LogP contribution in [0.1, 0.15) is 45.4 Å². The molecule has 0 saturated carbocycles. The van der Waals surface area contributed by atoms with E-state index >= 15 is 0 Å². The number of rotatable bonds is 9. The summed E-state index contributed by atoms with van der Waals surface area (Å²) in [5.74, 6) is -2.60. The Hall–Kier alpha value is -1.22. The van der Waals surface area contributed by atoms with Crippen molar-refractivity contribution < 1.29 is 29.3 Å². The first-order chi connectivity index (χ1) is 12.0. The van der Waals surface area contributed by atoms with E-state index in [1.165, 1.54) is 0 Å². The lowest BCUT2D eigenvalue weighted by molar-refractivity contribution is -0.204. The third kappa shape index (κ3) is 4.69. The molecule has 2 fully saturated rings. The SMILES string of the molecule is CCC(C1NCCCO1)(C1NCCCO1)C(CCCC(=O)O)C(=O)O. The average molecular weight is 358 g/mol. The molecule has 2 rings (SSSR count). The van der Waals surface area contributed by atoms with E-state index in [2.05, 4.69) is 10.6 Å². The van der Waals surface area contributed by atoms with Crippen LogP contribution in [0.15, 0.2) is 0 Å². The summed E-state index contributed by atoms with van der Waals surface area (Å²) in [7, 11) is 0. The minimum absolute atomic E-state index is 0.0402. The normalized spacial score (nSPS) is 28.0. The Kier molecular flexibility index (Phi) is 7.61. The van der Waals surface area contributed by atoms with E-state index in [1.54, 1.807) is 0 Å². The molecular formula is C17H30N2O6. The van der Waals surface area contributed by atoms with Crippen molar-refractivity contribution >= 4 is 11.9 Å². The van der Waals surface area contributed by atoms with Gasteiger partial charge in [0.1, 0.15) is 12.5 Å². The molecule has 0 aromatic heterocycles. The Bertz CT molecular complexity index is 428. The molecule has 3 atom stereocenters. The number of ether oxygens (including phenoxy) is 2. The topological polar surface area (TPSA) is 117 Å². The molecule has 3 unspecified atom stereocenters. The molecule has 2 aliphatic rings. The molecule has 144 valence electrons. The lowest BCUT2D eigenvalue weighted by Gasteiger charge is -2.51. The molecule has 2 aliphatic heterocycles. The highest BCUT2D eigenvalue weighted by atomic mass is 16.5. The molecule has 0 radical (unpaired) electrons. The van der Waals surface area contributed by atoms with Gasteiger partial charge in [-0.15, -0.1) is 0 Å². The first-order valence-electron chi connectivity index (χ1n) is 9.17. The molecule has 0 amide bonds. The molecule has 0 aromatic rings. The highest BCUT2D eigenvalue weighted by Crippen LogP contribution is 2.44. The second-order valence-corrected chi connectivity index (χ2v) is 6.76. The molecule has 2 saturated heterocycles. The largest absolute Gasteiger partial charge is 0.481 e. The minimum Gasteiger partial charge on any atom is -0.481 e. The molecule has 0 bridgehead atoms. The lowest BCUT2D eigenvalue weighted by atomic mass is 9.67. The molecule has 2 heterocycles. The predicted molar refractivity (Wildman–Crippen MR) is 90.1 cm³/mol. The zero-order valence-electron chi connectivity index (χ0n) is 14.8. The number of carbonyl (C=O) groups is 2. The summed E-state index contributed by atoms with van der Waals surface area (Å²) >= 11 is 0. The smallest absolute Gasteiger partial charge is 0.307 e. The van der Waals surface area contributed by atoms with Gasteiger partial charge in [0, 0.05) is 19.6 Å². The zero-order chi connectivity index (χ0) is 18.3. The summed E-state index contributed by atoms with van der Waals surface area (Å²) in [4.78, 5) is 23.0. The van der Waals surface area contributed by atoms with Crippen LogP contribution in [-0.4, -0.2) is 60.9 Å². The Balaban J connectivity index is 2.30. The van der Waals surface area contributed by atoms with Gasteiger partial charge in [-0.2, -0.15) is 0 Å². The van der Waals surface area contributed by atoms with Crippen LogP contribution in [0.4, 0.5) is 0 Å². The Morgan fingerprint density at radius 1 is 1.12 bits per heavy atom. The van der Waals surface area contributed by atoms with Gasteiger partial charge >= 0.3 is 11.9 Å².